The van der Waals surface area contributed by atoms with Crippen LogP contribution in [-0.4, -0.2) is 15.9 Å². The molecule has 5 heteroatoms. The minimum Gasteiger partial charge on any atom is -0.367 e. The van der Waals surface area contributed by atoms with E-state index >= 15 is 0 Å². The lowest BCUT2D eigenvalue weighted by atomic mass is 9.97. The summed E-state index contributed by atoms with van der Waals surface area (Å²) >= 11 is 0. The summed E-state index contributed by atoms with van der Waals surface area (Å²) in [4.78, 5) is 14.9. The Morgan fingerprint density at radius 3 is 2.84 bits per heavy atom. The van der Waals surface area contributed by atoms with Gasteiger partial charge in [-0.05, 0) is 25.7 Å². The number of hydrogen-bond donors (Lipinski definition) is 1. The van der Waals surface area contributed by atoms with Gasteiger partial charge in [0.15, 0.2) is 0 Å². The molecule has 104 valence electrons. The number of aromatic nitrogens is 1. The Kier molecular flexibility index (Phi) is 4.35. The Morgan fingerprint density at radius 2 is 2.11 bits per heavy atom. The van der Waals surface area contributed by atoms with E-state index in [0.717, 1.165) is 6.42 Å². The van der Waals surface area contributed by atoms with Crippen LogP contribution in [0.4, 0.5) is 11.5 Å². The smallest absolute Gasteiger partial charge is 0.277 e. The highest BCUT2D eigenvalue weighted by Crippen LogP contribution is 2.27. The monoisotopic (exact) mass is 263 g/mol. The van der Waals surface area contributed by atoms with Gasteiger partial charge < -0.3 is 5.32 Å². The van der Waals surface area contributed by atoms with Crippen LogP contribution in [0.2, 0.25) is 0 Å². The van der Waals surface area contributed by atoms with Crippen molar-refractivity contribution in [1.29, 1.82) is 0 Å². The molecule has 1 fully saturated rings. The van der Waals surface area contributed by atoms with Gasteiger partial charge >= 0.3 is 0 Å². The summed E-state index contributed by atoms with van der Waals surface area (Å²) < 4.78 is 0. The maximum absolute atomic E-state index is 10.9. The zero-order chi connectivity index (χ0) is 13.8. The molecule has 0 spiro atoms. The van der Waals surface area contributed by atoms with Gasteiger partial charge in [-0.3, -0.25) is 10.1 Å². The number of anilines is 1. The van der Waals surface area contributed by atoms with Crippen LogP contribution in [0.25, 0.3) is 0 Å². The molecule has 1 saturated carbocycles. The largest absolute Gasteiger partial charge is 0.367 e. The van der Waals surface area contributed by atoms with Crippen molar-refractivity contribution in [2.24, 2.45) is 5.92 Å². The van der Waals surface area contributed by atoms with Crippen molar-refractivity contribution in [3.63, 3.8) is 0 Å². The predicted octanol–water partition coefficient (Wildman–Crippen LogP) is 3.68. The SMILES string of the molecule is Cc1cnc(NC2CCCCCC2C)cc1[N+](=O)[O-]. The number of nitro groups is 1. The van der Waals surface area contributed by atoms with Gasteiger partial charge in [0.25, 0.3) is 5.69 Å². The normalized spacial score (nSPS) is 23.7. The summed E-state index contributed by atoms with van der Waals surface area (Å²) in [7, 11) is 0. The summed E-state index contributed by atoms with van der Waals surface area (Å²) in [6.45, 7) is 3.95. The van der Waals surface area contributed by atoms with E-state index in [4.69, 9.17) is 0 Å². The quantitative estimate of drug-likeness (QED) is 0.513. The molecule has 2 atom stereocenters. The Balaban J connectivity index is 2.13. The molecular formula is C14H21N3O2. The zero-order valence-corrected chi connectivity index (χ0v) is 11.6. The Labute approximate surface area is 113 Å². The maximum Gasteiger partial charge on any atom is 0.277 e. The minimum atomic E-state index is -0.348. The molecule has 0 aromatic carbocycles. The topological polar surface area (TPSA) is 68.1 Å². The number of nitrogens with zero attached hydrogens (tertiary/aromatic N) is 2. The molecule has 0 amide bonds. The van der Waals surface area contributed by atoms with Crippen molar-refractivity contribution < 1.29 is 4.92 Å². The lowest BCUT2D eigenvalue weighted by Gasteiger charge is -2.23. The highest BCUT2D eigenvalue weighted by Gasteiger charge is 2.21. The third-order valence-electron chi connectivity index (χ3n) is 3.97. The van der Waals surface area contributed by atoms with Crippen LogP contribution in [0.1, 0.15) is 44.6 Å². The number of hydrogen-bond acceptors (Lipinski definition) is 4. The summed E-state index contributed by atoms with van der Waals surface area (Å²) in [5, 5.41) is 14.3. The molecule has 19 heavy (non-hydrogen) atoms. The van der Waals surface area contributed by atoms with E-state index in [-0.39, 0.29) is 10.6 Å². The molecule has 1 aromatic heterocycles. The van der Waals surface area contributed by atoms with Crippen molar-refractivity contribution >= 4 is 11.5 Å². The number of rotatable bonds is 3. The van der Waals surface area contributed by atoms with E-state index in [9.17, 15) is 10.1 Å². The fraction of sp³-hybridized carbons (Fsp3) is 0.643. The van der Waals surface area contributed by atoms with Crippen LogP contribution >= 0.6 is 0 Å². The van der Waals surface area contributed by atoms with Crippen LogP contribution in [0.5, 0.6) is 0 Å². The summed E-state index contributed by atoms with van der Waals surface area (Å²) in [6, 6.07) is 1.92. The van der Waals surface area contributed by atoms with Gasteiger partial charge in [0, 0.05) is 17.8 Å². The highest BCUT2D eigenvalue weighted by molar-refractivity contribution is 5.49. The lowest BCUT2D eigenvalue weighted by molar-refractivity contribution is -0.385. The molecule has 2 unspecified atom stereocenters. The van der Waals surface area contributed by atoms with E-state index in [1.807, 2.05) is 0 Å². The Morgan fingerprint density at radius 1 is 1.37 bits per heavy atom. The van der Waals surface area contributed by atoms with E-state index in [2.05, 4.69) is 17.2 Å². The van der Waals surface area contributed by atoms with Gasteiger partial charge in [-0.25, -0.2) is 4.98 Å². The van der Waals surface area contributed by atoms with Gasteiger partial charge in [0.2, 0.25) is 0 Å². The van der Waals surface area contributed by atoms with Crippen LogP contribution in [0, 0.1) is 23.0 Å². The van der Waals surface area contributed by atoms with Crippen LogP contribution in [-0.2, 0) is 0 Å². The molecule has 1 heterocycles. The lowest BCUT2D eigenvalue weighted by Crippen LogP contribution is -2.26. The molecule has 1 aromatic rings. The van der Waals surface area contributed by atoms with Crippen LogP contribution in [0.15, 0.2) is 12.3 Å². The van der Waals surface area contributed by atoms with Gasteiger partial charge in [0.05, 0.1) is 11.0 Å². The summed E-state index contributed by atoms with van der Waals surface area (Å²) in [6.07, 6.45) is 7.68. The third kappa shape index (κ3) is 3.43. The van der Waals surface area contributed by atoms with E-state index in [1.54, 1.807) is 19.2 Å². The van der Waals surface area contributed by atoms with Gasteiger partial charge in [0.1, 0.15) is 5.82 Å². The Hall–Kier alpha value is -1.65. The maximum atomic E-state index is 10.9. The zero-order valence-electron chi connectivity index (χ0n) is 11.6. The van der Waals surface area contributed by atoms with Crippen molar-refractivity contribution in [2.45, 2.75) is 52.0 Å². The standard InChI is InChI=1S/C14H21N3O2/c1-10-6-4-3-5-7-12(10)16-14-8-13(17(18)19)11(2)9-15-14/h8-10,12H,3-7H2,1-2H3,(H,15,16). The number of pyridine rings is 1. The van der Waals surface area contributed by atoms with Gasteiger partial charge in [-0.15, -0.1) is 0 Å². The molecule has 1 aliphatic carbocycles. The molecule has 0 radical (unpaired) electrons. The van der Waals surface area contributed by atoms with E-state index in [1.165, 1.54) is 25.7 Å². The second-order valence-corrected chi connectivity index (χ2v) is 5.48. The van der Waals surface area contributed by atoms with Crippen molar-refractivity contribution in [1.82, 2.24) is 4.98 Å². The number of aryl methyl sites for hydroxylation is 1. The first-order chi connectivity index (χ1) is 9.08. The minimum absolute atomic E-state index is 0.138. The second kappa shape index (κ2) is 5.99. The molecule has 1 aliphatic rings. The molecule has 1 N–H and O–H groups in total. The first-order valence-electron chi connectivity index (χ1n) is 6.95. The second-order valence-electron chi connectivity index (χ2n) is 5.48. The molecule has 2 rings (SSSR count). The predicted molar refractivity (Wildman–Crippen MR) is 75.3 cm³/mol. The summed E-state index contributed by atoms with van der Waals surface area (Å²) in [5.74, 6) is 1.21. The van der Waals surface area contributed by atoms with E-state index in [0.29, 0.717) is 23.3 Å². The van der Waals surface area contributed by atoms with Crippen LogP contribution in [0.3, 0.4) is 0 Å². The van der Waals surface area contributed by atoms with Crippen LogP contribution < -0.4 is 5.32 Å². The fourth-order valence-corrected chi connectivity index (χ4v) is 2.69. The van der Waals surface area contributed by atoms with Gasteiger partial charge in [-0.1, -0.05) is 26.2 Å². The van der Waals surface area contributed by atoms with Crippen molar-refractivity contribution in [3.8, 4) is 0 Å². The first kappa shape index (κ1) is 13.8. The average Bonchev–Trinajstić information content (AvgIpc) is 2.57. The first-order valence-corrected chi connectivity index (χ1v) is 6.95. The fourth-order valence-electron chi connectivity index (χ4n) is 2.69. The molecular weight excluding hydrogens is 242 g/mol. The van der Waals surface area contributed by atoms with Gasteiger partial charge in [-0.2, -0.15) is 0 Å². The molecule has 0 saturated heterocycles. The molecule has 0 aliphatic heterocycles. The Bertz CT molecular complexity index is 462. The third-order valence-corrected chi connectivity index (χ3v) is 3.97. The average molecular weight is 263 g/mol. The molecule has 5 nitrogen and oxygen atoms in total. The van der Waals surface area contributed by atoms with Crippen molar-refractivity contribution in [3.05, 3.63) is 27.9 Å². The number of nitrogens with one attached hydrogen (secondary N) is 1. The van der Waals surface area contributed by atoms with Crippen molar-refractivity contribution in [2.75, 3.05) is 5.32 Å². The molecule has 0 bridgehead atoms. The van der Waals surface area contributed by atoms with E-state index < -0.39 is 0 Å². The highest BCUT2D eigenvalue weighted by atomic mass is 16.6. The summed E-state index contributed by atoms with van der Waals surface area (Å²) in [5.41, 5.74) is 0.739.